The quantitative estimate of drug-likeness (QED) is 0.578. The molecule has 0 atom stereocenters. The number of nitrogens with one attached hydrogen (secondary N) is 1. The van der Waals surface area contributed by atoms with Crippen LogP contribution in [0.3, 0.4) is 0 Å². The number of nitrogens with zero attached hydrogens (tertiary/aromatic N) is 1. The molecule has 0 radical (unpaired) electrons. The maximum atomic E-state index is 4.04. The predicted octanol–water partition coefficient (Wildman–Crippen LogP) is 1.59. The van der Waals surface area contributed by atoms with Crippen molar-refractivity contribution in [1.82, 2.24) is 5.32 Å². The van der Waals surface area contributed by atoms with E-state index in [9.17, 15) is 0 Å². The average molecular weight is 134 g/mol. The fraction of sp³-hybridized carbons (Fsp3) is 0.125. The monoisotopic (exact) mass is 134 g/mol. The zero-order valence-corrected chi connectivity index (χ0v) is 5.96. The van der Waals surface area contributed by atoms with Crippen molar-refractivity contribution in [2.75, 3.05) is 0 Å². The predicted molar refractivity (Wildman–Crippen MR) is 43.7 cm³/mol. The van der Waals surface area contributed by atoms with Crippen LogP contribution >= 0.6 is 0 Å². The van der Waals surface area contributed by atoms with E-state index in [0.29, 0.717) is 0 Å². The Morgan fingerprint density at radius 2 is 2.50 bits per heavy atom. The minimum Gasteiger partial charge on any atom is -0.360 e. The molecule has 0 unspecified atom stereocenters. The molecule has 1 aliphatic heterocycles. The van der Waals surface area contributed by atoms with Crippen molar-refractivity contribution in [1.29, 1.82) is 0 Å². The van der Waals surface area contributed by atoms with Crippen molar-refractivity contribution < 1.29 is 0 Å². The Hall–Kier alpha value is -1.31. The van der Waals surface area contributed by atoms with Gasteiger partial charge < -0.3 is 5.32 Å². The molecule has 1 N–H and O–H groups in total. The van der Waals surface area contributed by atoms with Crippen LogP contribution < -0.4 is 5.32 Å². The van der Waals surface area contributed by atoms with Crippen LogP contribution in [0.5, 0.6) is 0 Å². The molecule has 0 aromatic heterocycles. The first kappa shape index (κ1) is 6.81. The number of rotatable bonds is 1. The van der Waals surface area contributed by atoms with Gasteiger partial charge in [-0.1, -0.05) is 12.7 Å². The molecule has 1 rings (SSSR count). The Kier molecular flexibility index (Phi) is 2.05. The highest BCUT2D eigenvalue weighted by molar-refractivity contribution is 6.10. The Morgan fingerprint density at radius 3 is 3.10 bits per heavy atom. The van der Waals surface area contributed by atoms with Crippen LogP contribution in [0.2, 0.25) is 0 Å². The number of aliphatic imine (C=N–C) groups is 1. The molecule has 0 saturated carbocycles. The third kappa shape index (κ3) is 1.16. The molecule has 52 valence electrons. The van der Waals surface area contributed by atoms with E-state index in [4.69, 9.17) is 0 Å². The van der Waals surface area contributed by atoms with Crippen LogP contribution in [0.1, 0.15) is 6.92 Å². The van der Waals surface area contributed by atoms with Crippen molar-refractivity contribution in [2.24, 2.45) is 4.99 Å². The first-order valence-corrected chi connectivity index (χ1v) is 3.17. The van der Waals surface area contributed by atoms with E-state index >= 15 is 0 Å². The largest absolute Gasteiger partial charge is 0.360 e. The van der Waals surface area contributed by atoms with Crippen molar-refractivity contribution in [3.05, 3.63) is 36.8 Å². The lowest BCUT2D eigenvalue weighted by Crippen LogP contribution is -2.04. The molecule has 0 aliphatic carbocycles. The smallest absolute Gasteiger partial charge is 0.0875 e. The maximum Gasteiger partial charge on any atom is 0.0875 e. The zero-order chi connectivity index (χ0) is 7.40. The minimum absolute atomic E-state index is 0.942. The van der Waals surface area contributed by atoms with Crippen LogP contribution in [-0.4, -0.2) is 5.71 Å². The third-order valence-electron chi connectivity index (χ3n) is 1.28. The van der Waals surface area contributed by atoms with Gasteiger partial charge in [-0.25, -0.2) is 0 Å². The van der Waals surface area contributed by atoms with E-state index in [0.717, 1.165) is 11.4 Å². The van der Waals surface area contributed by atoms with Crippen LogP contribution in [-0.2, 0) is 0 Å². The lowest BCUT2D eigenvalue weighted by Gasteiger charge is -1.95. The van der Waals surface area contributed by atoms with Gasteiger partial charge in [-0.05, 0) is 13.0 Å². The topological polar surface area (TPSA) is 24.4 Å². The lowest BCUT2D eigenvalue weighted by atomic mass is 10.3. The Bertz CT molecular complexity index is 221. The van der Waals surface area contributed by atoms with E-state index in [-0.39, 0.29) is 0 Å². The van der Waals surface area contributed by atoms with Crippen LogP contribution in [0.25, 0.3) is 0 Å². The highest BCUT2D eigenvalue weighted by Crippen LogP contribution is 2.02. The summed E-state index contributed by atoms with van der Waals surface area (Å²) in [6, 6.07) is 0. The van der Waals surface area contributed by atoms with Gasteiger partial charge in [-0.3, -0.25) is 4.99 Å². The summed E-state index contributed by atoms with van der Waals surface area (Å²) in [4.78, 5) is 4.04. The van der Waals surface area contributed by atoms with E-state index in [1.54, 1.807) is 0 Å². The maximum absolute atomic E-state index is 4.04. The van der Waals surface area contributed by atoms with Crippen molar-refractivity contribution in [2.45, 2.75) is 6.92 Å². The van der Waals surface area contributed by atoms with Gasteiger partial charge in [0.25, 0.3) is 0 Å². The van der Waals surface area contributed by atoms with Gasteiger partial charge in [0.2, 0.25) is 0 Å². The summed E-state index contributed by atoms with van der Waals surface area (Å²) in [5, 5.41) is 3.04. The molecular formula is C8H10N2. The molecule has 2 nitrogen and oxygen atoms in total. The second kappa shape index (κ2) is 3.01. The summed E-state index contributed by atoms with van der Waals surface area (Å²) in [6.07, 6.45) is 7.28. The number of hydrogen-bond acceptors (Lipinski definition) is 2. The molecule has 1 heterocycles. The average Bonchev–Trinajstić information content (AvgIpc) is 2.36. The molecule has 2 heteroatoms. The molecule has 1 aliphatic rings. The van der Waals surface area contributed by atoms with E-state index in [1.807, 2.05) is 25.3 Å². The molecule has 10 heavy (non-hydrogen) atoms. The van der Waals surface area contributed by atoms with Crippen LogP contribution in [0.4, 0.5) is 0 Å². The van der Waals surface area contributed by atoms with Crippen molar-refractivity contribution in [3.63, 3.8) is 0 Å². The van der Waals surface area contributed by atoms with Gasteiger partial charge in [0.15, 0.2) is 0 Å². The summed E-state index contributed by atoms with van der Waals surface area (Å²) in [6.45, 7) is 5.48. The van der Waals surface area contributed by atoms with Gasteiger partial charge in [0.05, 0.1) is 11.4 Å². The van der Waals surface area contributed by atoms with E-state index < -0.39 is 0 Å². The summed E-state index contributed by atoms with van der Waals surface area (Å²) in [5.74, 6) is 0. The number of hydrogen-bond donors (Lipinski definition) is 1. The molecule has 0 bridgehead atoms. The molecular weight excluding hydrogens is 124 g/mol. The van der Waals surface area contributed by atoms with Gasteiger partial charge in [0, 0.05) is 12.4 Å². The number of allylic oxidation sites excluding steroid dienone is 2. The highest BCUT2D eigenvalue weighted by Gasteiger charge is 2.04. The summed E-state index contributed by atoms with van der Waals surface area (Å²) < 4.78 is 0. The Labute approximate surface area is 60.7 Å². The van der Waals surface area contributed by atoms with Crippen molar-refractivity contribution >= 4 is 5.71 Å². The van der Waals surface area contributed by atoms with E-state index in [1.165, 1.54) is 6.20 Å². The standard InChI is InChI=1S/C8H10N2/c1-3-7-8(9-4-2)5-6-10-7/h3-6,10H,2H2,1H3/b7-3+,9-8-. The molecule has 0 spiro atoms. The summed E-state index contributed by atoms with van der Waals surface area (Å²) in [7, 11) is 0. The highest BCUT2D eigenvalue weighted by atomic mass is 14.9. The SMILES string of the molecule is C=C/N=C1/C=CN/C1=C/C. The lowest BCUT2D eigenvalue weighted by molar-refractivity contribution is 1.16. The van der Waals surface area contributed by atoms with Crippen LogP contribution in [0, 0.1) is 0 Å². The second-order valence-electron chi connectivity index (χ2n) is 1.88. The minimum atomic E-state index is 0.942. The first-order valence-electron chi connectivity index (χ1n) is 3.17. The summed E-state index contributed by atoms with van der Waals surface area (Å²) >= 11 is 0. The Balaban J connectivity index is 2.86. The first-order chi connectivity index (χ1) is 4.88. The third-order valence-corrected chi connectivity index (χ3v) is 1.28. The Morgan fingerprint density at radius 1 is 1.70 bits per heavy atom. The molecule has 0 amide bonds. The second-order valence-corrected chi connectivity index (χ2v) is 1.88. The molecule has 0 aromatic carbocycles. The zero-order valence-electron chi connectivity index (χ0n) is 5.96. The van der Waals surface area contributed by atoms with Crippen LogP contribution in [0.15, 0.2) is 41.8 Å². The van der Waals surface area contributed by atoms with Crippen molar-refractivity contribution in [3.8, 4) is 0 Å². The fourth-order valence-corrected chi connectivity index (χ4v) is 0.816. The van der Waals surface area contributed by atoms with Gasteiger partial charge in [-0.2, -0.15) is 0 Å². The molecule has 0 fully saturated rings. The van der Waals surface area contributed by atoms with Gasteiger partial charge in [-0.15, -0.1) is 0 Å². The molecule has 0 saturated heterocycles. The normalized spacial score (nSPS) is 23.7. The van der Waals surface area contributed by atoms with E-state index in [2.05, 4.69) is 16.9 Å². The molecule has 0 aromatic rings. The fourth-order valence-electron chi connectivity index (χ4n) is 0.816. The van der Waals surface area contributed by atoms with Gasteiger partial charge in [0.1, 0.15) is 0 Å². The summed E-state index contributed by atoms with van der Waals surface area (Å²) in [5.41, 5.74) is 1.98. The van der Waals surface area contributed by atoms with Gasteiger partial charge >= 0.3 is 0 Å².